The van der Waals surface area contributed by atoms with E-state index < -0.39 is 0 Å². The number of benzene rings is 2. The van der Waals surface area contributed by atoms with Gasteiger partial charge in [0.2, 0.25) is 0 Å². The number of fused-ring (bicyclic) bond motifs is 1. The SMILES string of the molecule is CCCCOc1ccc(NC(=O)NCC(c2ccc3c(c2)CCO3)N(C)C)cc1. The topological polar surface area (TPSA) is 62.8 Å². The summed E-state index contributed by atoms with van der Waals surface area (Å²) in [7, 11) is 4.04. The van der Waals surface area contributed by atoms with E-state index in [0.29, 0.717) is 13.2 Å². The van der Waals surface area contributed by atoms with Crippen LogP contribution in [0.5, 0.6) is 11.5 Å². The highest BCUT2D eigenvalue weighted by Crippen LogP contribution is 2.29. The summed E-state index contributed by atoms with van der Waals surface area (Å²) in [6.45, 7) is 4.10. The highest BCUT2D eigenvalue weighted by Gasteiger charge is 2.19. The lowest BCUT2D eigenvalue weighted by atomic mass is 10.0. The molecule has 1 aliphatic heterocycles. The van der Waals surface area contributed by atoms with Gasteiger partial charge in [-0.2, -0.15) is 0 Å². The van der Waals surface area contributed by atoms with Crippen molar-refractivity contribution in [2.45, 2.75) is 32.2 Å². The molecule has 2 aromatic rings. The lowest BCUT2D eigenvalue weighted by molar-refractivity contribution is 0.243. The Morgan fingerprint density at radius 3 is 2.72 bits per heavy atom. The van der Waals surface area contributed by atoms with Crippen LogP contribution in [0.1, 0.15) is 36.9 Å². The third-order valence-corrected chi connectivity index (χ3v) is 5.06. The number of carbonyl (C=O) groups excluding carboxylic acids is 1. The Kier molecular flexibility index (Phi) is 7.36. The van der Waals surface area contributed by atoms with Crippen LogP contribution >= 0.6 is 0 Å². The molecule has 2 amide bonds. The maximum Gasteiger partial charge on any atom is 0.319 e. The Hall–Kier alpha value is -2.73. The number of carbonyl (C=O) groups is 1. The number of rotatable bonds is 9. The zero-order chi connectivity index (χ0) is 20.6. The molecule has 0 saturated heterocycles. The van der Waals surface area contributed by atoms with Gasteiger partial charge in [-0.05, 0) is 62.0 Å². The van der Waals surface area contributed by atoms with Crippen LogP contribution < -0.4 is 20.1 Å². The predicted molar refractivity (Wildman–Crippen MR) is 116 cm³/mol. The molecule has 29 heavy (non-hydrogen) atoms. The van der Waals surface area contributed by atoms with Crippen LogP contribution in [0.3, 0.4) is 0 Å². The summed E-state index contributed by atoms with van der Waals surface area (Å²) < 4.78 is 11.2. The molecule has 3 rings (SSSR count). The van der Waals surface area contributed by atoms with Crippen molar-refractivity contribution in [2.24, 2.45) is 0 Å². The van der Waals surface area contributed by atoms with Gasteiger partial charge in [0, 0.05) is 18.7 Å². The van der Waals surface area contributed by atoms with Crippen molar-refractivity contribution in [1.82, 2.24) is 10.2 Å². The van der Waals surface area contributed by atoms with Crippen molar-refractivity contribution in [3.05, 3.63) is 53.6 Å². The largest absolute Gasteiger partial charge is 0.494 e. The quantitative estimate of drug-likeness (QED) is 0.622. The fraction of sp³-hybridized carbons (Fsp3) is 0.435. The van der Waals surface area contributed by atoms with Crippen LogP contribution in [0.2, 0.25) is 0 Å². The molecule has 0 spiro atoms. The van der Waals surface area contributed by atoms with E-state index in [2.05, 4.69) is 34.6 Å². The fourth-order valence-corrected chi connectivity index (χ4v) is 3.35. The molecular weight excluding hydrogens is 366 g/mol. The van der Waals surface area contributed by atoms with Crippen LogP contribution in [0.4, 0.5) is 10.5 Å². The van der Waals surface area contributed by atoms with Crippen LogP contribution in [-0.4, -0.2) is 44.8 Å². The molecule has 1 heterocycles. The summed E-state index contributed by atoms with van der Waals surface area (Å²) in [5.74, 6) is 1.79. The molecule has 6 nitrogen and oxygen atoms in total. The van der Waals surface area contributed by atoms with E-state index >= 15 is 0 Å². The number of nitrogens with zero attached hydrogens (tertiary/aromatic N) is 1. The van der Waals surface area contributed by atoms with E-state index in [-0.39, 0.29) is 12.1 Å². The molecule has 156 valence electrons. The minimum absolute atomic E-state index is 0.0843. The van der Waals surface area contributed by atoms with Gasteiger partial charge in [-0.1, -0.05) is 25.5 Å². The maximum absolute atomic E-state index is 12.4. The second kappa shape index (κ2) is 10.2. The maximum atomic E-state index is 12.4. The molecule has 1 aliphatic rings. The Balaban J connectivity index is 1.53. The third-order valence-electron chi connectivity index (χ3n) is 5.06. The van der Waals surface area contributed by atoms with Crippen LogP contribution in [0.25, 0.3) is 0 Å². The zero-order valence-corrected chi connectivity index (χ0v) is 17.5. The van der Waals surface area contributed by atoms with Crippen LogP contribution in [-0.2, 0) is 6.42 Å². The van der Waals surface area contributed by atoms with E-state index in [4.69, 9.17) is 9.47 Å². The fourth-order valence-electron chi connectivity index (χ4n) is 3.35. The molecular formula is C23H31N3O3. The van der Waals surface area contributed by atoms with E-state index in [9.17, 15) is 4.79 Å². The van der Waals surface area contributed by atoms with Crippen molar-refractivity contribution in [3.8, 4) is 11.5 Å². The molecule has 0 fully saturated rings. The summed E-state index contributed by atoms with van der Waals surface area (Å²) in [5, 5.41) is 5.86. The average molecular weight is 398 g/mol. The third kappa shape index (κ3) is 5.87. The van der Waals surface area contributed by atoms with Gasteiger partial charge >= 0.3 is 6.03 Å². The van der Waals surface area contributed by atoms with Gasteiger partial charge in [0.05, 0.1) is 19.3 Å². The summed E-state index contributed by atoms with van der Waals surface area (Å²) in [4.78, 5) is 14.5. The van der Waals surface area contributed by atoms with Crippen LogP contribution in [0, 0.1) is 0 Å². The lowest BCUT2D eigenvalue weighted by Gasteiger charge is -2.25. The molecule has 0 aliphatic carbocycles. The van der Waals surface area contributed by atoms with Gasteiger partial charge in [0.15, 0.2) is 0 Å². The van der Waals surface area contributed by atoms with Gasteiger partial charge in [0.25, 0.3) is 0 Å². The van der Waals surface area contributed by atoms with Crippen LogP contribution in [0.15, 0.2) is 42.5 Å². The number of amides is 2. The first-order valence-electron chi connectivity index (χ1n) is 10.3. The number of anilines is 1. The summed E-state index contributed by atoms with van der Waals surface area (Å²) >= 11 is 0. The van der Waals surface area contributed by atoms with Crippen molar-refractivity contribution in [2.75, 3.05) is 39.2 Å². The molecule has 2 aromatic carbocycles. The monoisotopic (exact) mass is 397 g/mol. The Morgan fingerprint density at radius 1 is 1.21 bits per heavy atom. The number of ether oxygens (including phenoxy) is 2. The molecule has 0 aromatic heterocycles. The second-order valence-corrected chi connectivity index (χ2v) is 7.51. The molecule has 1 unspecified atom stereocenters. The van der Waals surface area contributed by atoms with Gasteiger partial charge in [-0.25, -0.2) is 4.79 Å². The number of likely N-dealkylation sites (N-methyl/N-ethyl adjacent to an activating group) is 1. The molecule has 1 atom stereocenters. The number of hydrogen-bond acceptors (Lipinski definition) is 4. The van der Waals surface area contributed by atoms with Crippen molar-refractivity contribution >= 4 is 11.7 Å². The minimum Gasteiger partial charge on any atom is -0.494 e. The van der Waals surface area contributed by atoms with Crippen molar-refractivity contribution in [3.63, 3.8) is 0 Å². The number of nitrogens with one attached hydrogen (secondary N) is 2. The van der Waals surface area contributed by atoms with Crippen molar-refractivity contribution < 1.29 is 14.3 Å². The van der Waals surface area contributed by atoms with E-state index in [1.165, 1.54) is 11.1 Å². The summed E-state index contributed by atoms with van der Waals surface area (Å²) in [6, 6.07) is 13.6. The first-order valence-corrected chi connectivity index (χ1v) is 10.3. The molecule has 0 radical (unpaired) electrons. The first kappa shape index (κ1) is 21.0. The second-order valence-electron chi connectivity index (χ2n) is 7.51. The lowest BCUT2D eigenvalue weighted by Crippen LogP contribution is -2.36. The predicted octanol–water partition coefficient (Wildman–Crippen LogP) is 4.22. The number of hydrogen-bond donors (Lipinski definition) is 2. The van der Waals surface area contributed by atoms with E-state index in [1.54, 1.807) is 0 Å². The standard InChI is InChI=1S/C23H31N3O3/c1-4-5-13-28-20-9-7-19(8-10-20)25-23(27)24-16-21(26(2)3)17-6-11-22-18(15-17)12-14-29-22/h6-11,15,21H,4-5,12-14,16H2,1-3H3,(H2,24,25,27). The van der Waals surface area contributed by atoms with Crippen molar-refractivity contribution in [1.29, 1.82) is 0 Å². The van der Waals surface area contributed by atoms with Gasteiger partial charge in [-0.15, -0.1) is 0 Å². The zero-order valence-electron chi connectivity index (χ0n) is 17.5. The Labute approximate surface area is 173 Å². The van der Waals surface area contributed by atoms with Gasteiger partial charge in [0.1, 0.15) is 11.5 Å². The summed E-state index contributed by atoms with van der Waals surface area (Å²) in [5.41, 5.74) is 3.15. The Bertz CT molecular complexity index is 806. The average Bonchev–Trinajstić information content (AvgIpc) is 3.17. The first-order chi connectivity index (χ1) is 14.1. The smallest absolute Gasteiger partial charge is 0.319 e. The normalized spacial score (nSPS) is 13.5. The molecule has 0 bridgehead atoms. The highest BCUT2D eigenvalue weighted by atomic mass is 16.5. The van der Waals surface area contributed by atoms with Gasteiger partial charge in [-0.3, -0.25) is 0 Å². The summed E-state index contributed by atoms with van der Waals surface area (Å²) in [6.07, 6.45) is 3.08. The molecule has 6 heteroatoms. The highest BCUT2D eigenvalue weighted by molar-refractivity contribution is 5.89. The molecule has 2 N–H and O–H groups in total. The minimum atomic E-state index is -0.221. The molecule has 0 saturated carbocycles. The Morgan fingerprint density at radius 2 is 2.00 bits per heavy atom. The number of urea groups is 1. The number of unbranched alkanes of at least 4 members (excludes halogenated alkanes) is 1. The van der Waals surface area contributed by atoms with E-state index in [0.717, 1.165) is 43.1 Å². The van der Waals surface area contributed by atoms with Gasteiger partial charge < -0.3 is 25.0 Å². The van der Waals surface area contributed by atoms with E-state index in [1.807, 2.05) is 44.4 Å².